The van der Waals surface area contributed by atoms with Gasteiger partial charge < -0.3 is 4.74 Å². The summed E-state index contributed by atoms with van der Waals surface area (Å²) in [5.74, 6) is -0.237. The molecule has 0 heterocycles. The van der Waals surface area contributed by atoms with E-state index in [1.165, 1.54) is 6.92 Å². The summed E-state index contributed by atoms with van der Waals surface area (Å²) in [5.41, 5.74) is -0.369. The molecule has 3 heteroatoms. The Balaban J connectivity index is 3.71. The van der Waals surface area contributed by atoms with E-state index in [0.717, 1.165) is 0 Å². The molecule has 0 unspecified atom stereocenters. The summed E-state index contributed by atoms with van der Waals surface area (Å²) in [6.07, 6.45) is 0. The van der Waals surface area contributed by atoms with Crippen LogP contribution in [-0.4, -0.2) is 16.9 Å². The van der Waals surface area contributed by atoms with E-state index in [1.54, 1.807) is 0 Å². The lowest BCUT2D eigenvalue weighted by Gasteiger charge is -2.20. The first kappa shape index (κ1) is 8.95. The summed E-state index contributed by atoms with van der Waals surface area (Å²) in [6.45, 7) is 5.11. The molecule has 0 aliphatic carbocycles. The minimum atomic E-state index is -0.369. The number of esters is 1. The fourth-order valence-corrected chi connectivity index (χ4v) is 0.531. The van der Waals surface area contributed by atoms with E-state index in [9.17, 15) is 4.79 Å². The van der Waals surface area contributed by atoms with Gasteiger partial charge in [-0.1, -0.05) is 15.9 Å². The fourth-order valence-electron chi connectivity index (χ4n) is 0.416. The molecule has 2 nitrogen and oxygen atoms in total. The van der Waals surface area contributed by atoms with Crippen molar-refractivity contribution in [3.8, 4) is 0 Å². The van der Waals surface area contributed by atoms with E-state index in [1.807, 2.05) is 13.8 Å². The second-order valence-corrected chi connectivity index (χ2v) is 3.05. The van der Waals surface area contributed by atoms with Crippen molar-refractivity contribution in [1.82, 2.24) is 0 Å². The third kappa shape index (κ3) is 4.45. The Kier molecular flexibility index (Phi) is 3.18. The molecule has 0 aromatic carbocycles. The van der Waals surface area contributed by atoms with Gasteiger partial charge in [-0.15, -0.1) is 0 Å². The standard InChI is InChI=1S/C6H11BrO2/c1-5(8)9-6(2,3)4-7/h4H2,1-3H3. The first-order valence-corrected chi connectivity index (χ1v) is 3.85. The van der Waals surface area contributed by atoms with Crippen molar-refractivity contribution in [3.05, 3.63) is 0 Å². The van der Waals surface area contributed by atoms with Crippen molar-refractivity contribution in [1.29, 1.82) is 0 Å². The molecule has 0 aliphatic rings. The maximum absolute atomic E-state index is 10.4. The zero-order chi connectivity index (χ0) is 7.49. The lowest BCUT2D eigenvalue weighted by molar-refractivity contribution is -0.151. The average Bonchev–Trinajstić information content (AvgIpc) is 1.63. The second-order valence-electron chi connectivity index (χ2n) is 2.49. The maximum Gasteiger partial charge on any atom is 0.303 e. The molecule has 0 N–H and O–H groups in total. The van der Waals surface area contributed by atoms with Crippen LogP contribution in [0.5, 0.6) is 0 Å². The molecule has 0 bridgehead atoms. The van der Waals surface area contributed by atoms with E-state index in [-0.39, 0.29) is 11.6 Å². The smallest absolute Gasteiger partial charge is 0.303 e. The van der Waals surface area contributed by atoms with E-state index in [0.29, 0.717) is 5.33 Å². The van der Waals surface area contributed by atoms with E-state index >= 15 is 0 Å². The van der Waals surface area contributed by atoms with Gasteiger partial charge in [0.2, 0.25) is 0 Å². The topological polar surface area (TPSA) is 26.3 Å². The molecule has 54 valence electrons. The van der Waals surface area contributed by atoms with Crippen LogP contribution in [0.4, 0.5) is 0 Å². The zero-order valence-electron chi connectivity index (χ0n) is 5.90. The summed E-state index contributed by atoms with van der Waals surface area (Å²) in [4.78, 5) is 10.4. The molecule has 0 amide bonds. The van der Waals surface area contributed by atoms with Crippen molar-refractivity contribution in [3.63, 3.8) is 0 Å². The van der Waals surface area contributed by atoms with Gasteiger partial charge in [0.1, 0.15) is 5.60 Å². The molecule has 0 radical (unpaired) electrons. The average molecular weight is 195 g/mol. The number of halogens is 1. The number of carbonyl (C=O) groups excluding carboxylic acids is 1. The van der Waals surface area contributed by atoms with Gasteiger partial charge in [-0.2, -0.15) is 0 Å². The highest BCUT2D eigenvalue weighted by atomic mass is 79.9. The normalized spacial score (nSPS) is 11.1. The van der Waals surface area contributed by atoms with Crippen LogP contribution in [0.15, 0.2) is 0 Å². The van der Waals surface area contributed by atoms with Gasteiger partial charge in [-0.3, -0.25) is 4.79 Å². The molecule has 0 aromatic heterocycles. The molecule has 0 aliphatic heterocycles. The number of rotatable bonds is 2. The third-order valence-corrected chi connectivity index (χ3v) is 2.09. The van der Waals surface area contributed by atoms with Gasteiger partial charge in [-0.05, 0) is 13.8 Å². The highest BCUT2D eigenvalue weighted by molar-refractivity contribution is 9.09. The molecular formula is C6H11BrO2. The quantitative estimate of drug-likeness (QED) is 0.495. The molecule has 0 saturated heterocycles. The number of carbonyl (C=O) groups is 1. The molecule has 9 heavy (non-hydrogen) atoms. The summed E-state index contributed by atoms with van der Waals surface area (Å²) in [7, 11) is 0. The Labute approximate surface area is 63.7 Å². The van der Waals surface area contributed by atoms with Crippen LogP contribution in [-0.2, 0) is 9.53 Å². The Morgan fingerprint density at radius 1 is 1.67 bits per heavy atom. The molecule has 0 atom stereocenters. The van der Waals surface area contributed by atoms with E-state index in [4.69, 9.17) is 4.74 Å². The van der Waals surface area contributed by atoms with Gasteiger partial charge in [0.05, 0.1) is 0 Å². The Bertz CT molecular complexity index is 110. The van der Waals surface area contributed by atoms with Crippen molar-refractivity contribution in [2.45, 2.75) is 26.4 Å². The Morgan fingerprint density at radius 3 is 2.22 bits per heavy atom. The van der Waals surface area contributed by atoms with Crippen LogP contribution in [0.25, 0.3) is 0 Å². The van der Waals surface area contributed by atoms with Crippen LogP contribution in [0.1, 0.15) is 20.8 Å². The van der Waals surface area contributed by atoms with Crippen molar-refractivity contribution in [2.24, 2.45) is 0 Å². The van der Waals surface area contributed by atoms with Crippen LogP contribution in [0.2, 0.25) is 0 Å². The largest absolute Gasteiger partial charge is 0.459 e. The molecule has 0 aromatic rings. The molecule has 0 fully saturated rings. The monoisotopic (exact) mass is 194 g/mol. The minimum absolute atomic E-state index is 0.237. The number of hydrogen-bond acceptors (Lipinski definition) is 2. The Hall–Kier alpha value is -0.0500. The van der Waals surface area contributed by atoms with Crippen molar-refractivity contribution < 1.29 is 9.53 Å². The van der Waals surface area contributed by atoms with Crippen LogP contribution in [0.3, 0.4) is 0 Å². The highest BCUT2D eigenvalue weighted by Gasteiger charge is 2.18. The fraction of sp³-hybridized carbons (Fsp3) is 0.833. The zero-order valence-corrected chi connectivity index (χ0v) is 7.49. The number of ether oxygens (including phenoxy) is 1. The minimum Gasteiger partial charge on any atom is -0.459 e. The molecule has 0 saturated carbocycles. The van der Waals surface area contributed by atoms with Crippen LogP contribution < -0.4 is 0 Å². The number of alkyl halides is 1. The summed E-state index contributed by atoms with van der Waals surface area (Å²) in [6, 6.07) is 0. The third-order valence-electron chi connectivity index (χ3n) is 0.742. The first-order chi connectivity index (χ1) is 3.98. The highest BCUT2D eigenvalue weighted by Crippen LogP contribution is 2.11. The van der Waals surface area contributed by atoms with Crippen molar-refractivity contribution in [2.75, 3.05) is 5.33 Å². The predicted octanol–water partition coefficient (Wildman–Crippen LogP) is 1.72. The van der Waals surface area contributed by atoms with Gasteiger partial charge in [-0.25, -0.2) is 0 Å². The van der Waals surface area contributed by atoms with Gasteiger partial charge in [0.25, 0.3) is 0 Å². The molecule has 0 rings (SSSR count). The summed E-state index contributed by atoms with van der Waals surface area (Å²) < 4.78 is 4.90. The Morgan fingerprint density at radius 2 is 2.11 bits per heavy atom. The lowest BCUT2D eigenvalue weighted by Crippen LogP contribution is -2.28. The molecule has 0 spiro atoms. The summed E-state index contributed by atoms with van der Waals surface area (Å²) >= 11 is 3.22. The maximum atomic E-state index is 10.4. The molecular weight excluding hydrogens is 184 g/mol. The summed E-state index contributed by atoms with van der Waals surface area (Å²) in [5, 5.41) is 0.666. The first-order valence-electron chi connectivity index (χ1n) is 2.73. The lowest BCUT2D eigenvalue weighted by atomic mass is 10.2. The van der Waals surface area contributed by atoms with E-state index < -0.39 is 0 Å². The van der Waals surface area contributed by atoms with Gasteiger partial charge in [0, 0.05) is 12.3 Å². The van der Waals surface area contributed by atoms with Crippen LogP contribution >= 0.6 is 15.9 Å². The van der Waals surface area contributed by atoms with E-state index in [2.05, 4.69) is 15.9 Å². The van der Waals surface area contributed by atoms with Gasteiger partial charge >= 0.3 is 5.97 Å². The van der Waals surface area contributed by atoms with Gasteiger partial charge in [0.15, 0.2) is 0 Å². The SMILES string of the molecule is CC(=O)OC(C)(C)CBr. The van der Waals surface area contributed by atoms with Crippen molar-refractivity contribution >= 4 is 21.9 Å². The second kappa shape index (κ2) is 3.20. The number of hydrogen-bond donors (Lipinski definition) is 0. The van der Waals surface area contributed by atoms with Crippen LogP contribution in [0, 0.1) is 0 Å². The predicted molar refractivity (Wildman–Crippen MR) is 39.6 cm³/mol.